The lowest BCUT2D eigenvalue weighted by Gasteiger charge is -2.15. The second kappa shape index (κ2) is 42.0. The first-order valence-corrected chi connectivity index (χ1v) is 20.6. The van der Waals surface area contributed by atoms with E-state index in [9.17, 15) is 38.4 Å². The summed E-state index contributed by atoms with van der Waals surface area (Å²) in [5, 5.41) is 1.39. The number of rotatable bonds is 21. The van der Waals surface area contributed by atoms with Gasteiger partial charge in [0.2, 0.25) is 10.5 Å². The van der Waals surface area contributed by atoms with Gasteiger partial charge in [0.15, 0.2) is 4.30 Å². The highest BCUT2D eigenvalue weighted by Gasteiger charge is 2.24. The molecule has 0 heterocycles. The second-order valence-corrected chi connectivity index (χ2v) is 16.7. The summed E-state index contributed by atoms with van der Waals surface area (Å²) in [7, 11) is 12.3. The topological polar surface area (TPSA) is 238 Å². The van der Waals surface area contributed by atoms with Crippen LogP contribution in [0.1, 0.15) is 26.2 Å². The van der Waals surface area contributed by atoms with Crippen LogP contribution in [0.2, 0.25) is 0 Å². The smallest absolute Gasteiger partial charge is 0.323 e. The monoisotopic (exact) mass is 963 g/mol. The number of ether oxygens (including phenoxy) is 4. The molecule has 0 rings (SSSR count). The van der Waals surface area contributed by atoms with Crippen LogP contribution < -0.4 is 16.8 Å². The normalized spacial score (nSPS) is 11.9. The standard InChI is InChI=1S/C14H23NO6S2.C8H16N2O4S2.C3H2Cl2O2.CHCl3.2ClH/c1-9(16)5-11(17)6-10(13(18)20-3)7-22-23-8-12(15-2)14(19)21-4;1-13-7(11)5(9)3-15-16-4-6(10)8(12)14-2;4-2(6)1-3(5)7;2-1(3)4;;/h10,12,15H,5-8H2,1-4H3;5-6H,3-4,9-10H2,1-2H3;1H2;1H;2*1H. The summed E-state index contributed by atoms with van der Waals surface area (Å²) in [4.78, 5) is 87.0. The Morgan fingerprint density at radius 3 is 1.25 bits per heavy atom. The average molecular weight is 967 g/mol. The number of hydrogen-bond acceptors (Lipinski definition) is 19. The molecule has 0 fully saturated rings. The van der Waals surface area contributed by atoms with Gasteiger partial charge in [-0.1, -0.05) is 78.0 Å². The van der Waals surface area contributed by atoms with Gasteiger partial charge in [-0.05, 0) is 37.2 Å². The van der Waals surface area contributed by atoms with Crippen LogP contribution in [0, 0.1) is 5.92 Å². The fourth-order valence-corrected chi connectivity index (χ4v) is 7.50. The molecule has 0 saturated heterocycles. The number of esters is 4. The van der Waals surface area contributed by atoms with Gasteiger partial charge in [-0.3, -0.25) is 38.4 Å². The maximum absolute atomic E-state index is 11.7. The summed E-state index contributed by atoms with van der Waals surface area (Å²) in [5.74, 6) is -1.21. The molecule has 0 radical (unpaired) electrons. The van der Waals surface area contributed by atoms with E-state index >= 15 is 0 Å². The first-order chi connectivity index (χ1) is 23.2. The summed E-state index contributed by atoms with van der Waals surface area (Å²) >= 11 is 23.9. The van der Waals surface area contributed by atoms with Crippen LogP contribution in [-0.2, 0) is 57.3 Å². The third kappa shape index (κ3) is 44.3. The van der Waals surface area contributed by atoms with E-state index in [2.05, 4.69) is 24.3 Å². The lowest BCUT2D eigenvalue weighted by molar-refractivity contribution is -0.146. The summed E-state index contributed by atoms with van der Waals surface area (Å²) in [5.41, 5.74) is 11.0. The molecule has 52 heavy (non-hydrogen) atoms. The fraction of sp³-hybridized carbons (Fsp3) is 0.692. The molecule has 0 bridgehead atoms. The largest absolute Gasteiger partial charge is 0.469 e. The number of nitrogens with two attached hydrogens (primary N) is 2. The Bertz CT molecular complexity index is 1020. The number of Topliss-reactive ketones (excluding diaryl/α,β-unsaturated/α-hetero) is 2. The quantitative estimate of drug-likeness (QED) is 0.0281. The van der Waals surface area contributed by atoms with Gasteiger partial charge >= 0.3 is 23.9 Å². The molecule has 4 unspecified atom stereocenters. The van der Waals surface area contributed by atoms with Gasteiger partial charge in [0, 0.05) is 29.4 Å². The number of methoxy groups -OCH3 is 4. The van der Waals surface area contributed by atoms with Gasteiger partial charge in [-0.2, -0.15) is 0 Å². The Morgan fingerprint density at radius 1 is 0.615 bits per heavy atom. The molecule has 5 N–H and O–H groups in total. The number of likely N-dealkylation sites (N-methyl/N-ethyl adjacent to an activating group) is 1. The molecule has 4 atom stereocenters. The first-order valence-electron chi connectivity index (χ1n) is 13.5. The van der Waals surface area contributed by atoms with Crippen molar-refractivity contribution in [2.45, 2.75) is 48.6 Å². The van der Waals surface area contributed by atoms with Crippen LogP contribution in [0.4, 0.5) is 0 Å². The lowest BCUT2D eigenvalue weighted by Crippen LogP contribution is -2.37. The number of halogens is 7. The maximum Gasteiger partial charge on any atom is 0.323 e. The molecule has 0 aliphatic heterocycles. The van der Waals surface area contributed by atoms with Crippen molar-refractivity contribution < 1.29 is 57.3 Å². The molecule has 0 amide bonds. The van der Waals surface area contributed by atoms with Crippen molar-refractivity contribution in [1.82, 2.24) is 5.32 Å². The molecule has 0 aliphatic rings. The Kier molecular flexibility index (Phi) is 51.6. The van der Waals surface area contributed by atoms with Gasteiger partial charge < -0.3 is 35.7 Å². The molecule has 26 heteroatoms. The summed E-state index contributed by atoms with van der Waals surface area (Å²) in [6, 6.07) is -1.75. The van der Waals surface area contributed by atoms with Crippen molar-refractivity contribution in [3.63, 3.8) is 0 Å². The minimum absolute atomic E-state index is 0. The number of carbonyl (C=O) groups excluding carboxylic acids is 8. The molecule has 15 nitrogen and oxygen atoms in total. The highest BCUT2D eigenvalue weighted by Crippen LogP contribution is 2.27. The molecule has 0 aliphatic carbocycles. The van der Waals surface area contributed by atoms with Gasteiger partial charge in [0.1, 0.15) is 29.7 Å². The molecule has 0 aromatic rings. The van der Waals surface area contributed by atoms with E-state index in [4.69, 9.17) is 69.5 Å². The van der Waals surface area contributed by atoms with Gasteiger partial charge in [-0.25, -0.2) is 0 Å². The molecule has 308 valence electrons. The van der Waals surface area contributed by atoms with E-state index in [-0.39, 0.29) is 61.6 Å². The van der Waals surface area contributed by atoms with Gasteiger partial charge in [0.05, 0.1) is 47.2 Å². The van der Waals surface area contributed by atoms with Crippen molar-refractivity contribution >= 4 is 172 Å². The van der Waals surface area contributed by atoms with Crippen LogP contribution in [-0.4, -0.2) is 127 Å². The lowest BCUT2D eigenvalue weighted by atomic mass is 10.0. The highest BCUT2D eigenvalue weighted by atomic mass is 35.6. The molecule has 0 spiro atoms. The van der Waals surface area contributed by atoms with Crippen LogP contribution >= 0.6 is 126 Å². The number of hydrogen-bond donors (Lipinski definition) is 3. The molecule has 0 saturated carbocycles. The Labute approximate surface area is 356 Å². The Morgan fingerprint density at radius 2 is 0.962 bits per heavy atom. The minimum Gasteiger partial charge on any atom is -0.469 e. The van der Waals surface area contributed by atoms with Crippen molar-refractivity contribution in [2.75, 3.05) is 58.5 Å². The van der Waals surface area contributed by atoms with Crippen molar-refractivity contribution in [2.24, 2.45) is 17.4 Å². The zero-order chi connectivity index (χ0) is 39.8. The Hall–Kier alpha value is -0.130. The SMILES string of the molecule is CNC(CSSCC(CC(=O)CC(C)=O)C(=O)OC)C(=O)OC.COC(=O)C(N)CSSCC(N)C(=O)OC.Cl.Cl.ClC(Cl)Cl.O=C(Cl)CC(=O)Cl. The van der Waals surface area contributed by atoms with E-state index in [0.717, 1.165) is 0 Å². The summed E-state index contributed by atoms with van der Waals surface area (Å²) in [6.07, 6.45) is -0.579. The fourth-order valence-electron chi connectivity index (χ4n) is 2.45. The summed E-state index contributed by atoms with van der Waals surface area (Å²) < 4.78 is 17.5. The number of alkyl halides is 3. The third-order valence-electron chi connectivity index (χ3n) is 4.74. The maximum atomic E-state index is 11.7. The number of ketones is 2. The van der Waals surface area contributed by atoms with E-state index in [1.54, 1.807) is 7.05 Å². The van der Waals surface area contributed by atoms with Crippen molar-refractivity contribution in [1.29, 1.82) is 0 Å². The predicted octanol–water partition coefficient (Wildman–Crippen LogP) is 3.96. The van der Waals surface area contributed by atoms with E-state index in [1.807, 2.05) is 0 Å². The zero-order valence-corrected chi connectivity index (χ0v) is 37.4. The van der Waals surface area contributed by atoms with E-state index < -0.39 is 56.7 Å². The van der Waals surface area contributed by atoms with Crippen molar-refractivity contribution in [3.8, 4) is 0 Å². The van der Waals surface area contributed by atoms with E-state index in [1.165, 1.54) is 78.5 Å². The summed E-state index contributed by atoms with van der Waals surface area (Å²) in [6.45, 7) is 1.33. The van der Waals surface area contributed by atoms with Crippen LogP contribution in [0.3, 0.4) is 0 Å². The number of nitrogens with one attached hydrogen (secondary N) is 1. The minimum atomic E-state index is -0.750. The van der Waals surface area contributed by atoms with Crippen LogP contribution in [0.15, 0.2) is 0 Å². The highest BCUT2D eigenvalue weighted by molar-refractivity contribution is 8.77. The molecular formula is C26H44Cl7N3O12S4. The van der Waals surface area contributed by atoms with Crippen LogP contribution in [0.5, 0.6) is 0 Å². The molecular weight excluding hydrogens is 923 g/mol. The zero-order valence-electron chi connectivity index (χ0n) is 28.7. The van der Waals surface area contributed by atoms with Gasteiger partial charge in [0.25, 0.3) is 0 Å². The average Bonchev–Trinajstić information content (AvgIpc) is 3.03. The first kappa shape index (κ1) is 63.8. The Balaban J connectivity index is -0.000000158. The van der Waals surface area contributed by atoms with E-state index in [0.29, 0.717) is 23.0 Å². The molecule has 0 aromatic carbocycles. The van der Waals surface area contributed by atoms with Gasteiger partial charge in [-0.15, -0.1) is 24.8 Å². The molecule has 0 aromatic heterocycles. The van der Waals surface area contributed by atoms with Crippen LogP contribution in [0.25, 0.3) is 0 Å². The number of carbonyl (C=O) groups is 8. The van der Waals surface area contributed by atoms with Crippen molar-refractivity contribution in [3.05, 3.63) is 0 Å². The second-order valence-electron chi connectivity index (χ2n) is 8.74. The third-order valence-corrected chi connectivity index (χ3v) is 9.97. The predicted molar refractivity (Wildman–Crippen MR) is 217 cm³/mol.